The number of amides is 1. The van der Waals surface area contributed by atoms with Gasteiger partial charge in [-0.15, -0.1) is 0 Å². The fourth-order valence-corrected chi connectivity index (χ4v) is 5.91. The number of hydrogen-bond donors (Lipinski definition) is 1. The van der Waals surface area contributed by atoms with Gasteiger partial charge in [-0.1, -0.05) is 35.5 Å². The van der Waals surface area contributed by atoms with Gasteiger partial charge in [0.2, 0.25) is 5.91 Å². The quantitative estimate of drug-likeness (QED) is 0.839. The van der Waals surface area contributed by atoms with Crippen LogP contribution in [0.25, 0.3) is 0 Å². The molecule has 4 aliphatic rings. The lowest BCUT2D eigenvalue weighted by Gasteiger charge is -2.55. The molecule has 2 unspecified atom stereocenters. The van der Waals surface area contributed by atoms with E-state index in [4.69, 9.17) is 4.52 Å². The number of carbonyl (C=O) groups excluding carboxylic acids is 1. The Balaban J connectivity index is 1.38. The van der Waals surface area contributed by atoms with Gasteiger partial charge in [-0.3, -0.25) is 4.79 Å². The molecule has 6 rings (SSSR count). The third kappa shape index (κ3) is 3.28. The van der Waals surface area contributed by atoms with Crippen LogP contribution < -0.4 is 5.32 Å². The van der Waals surface area contributed by atoms with E-state index in [0.29, 0.717) is 18.8 Å². The van der Waals surface area contributed by atoms with E-state index >= 15 is 0 Å². The summed E-state index contributed by atoms with van der Waals surface area (Å²) in [4.78, 5) is 18.2. The summed E-state index contributed by atoms with van der Waals surface area (Å²) in [6.07, 6.45) is 1.16. The van der Waals surface area contributed by atoms with Gasteiger partial charge in [0.25, 0.3) is 0 Å². The number of fused-ring (bicyclic) bond motifs is 1. The molecule has 4 bridgehead atoms. The first-order chi connectivity index (χ1) is 14.0. The predicted molar refractivity (Wildman–Crippen MR) is 111 cm³/mol. The summed E-state index contributed by atoms with van der Waals surface area (Å²) in [5.74, 6) is 1.44. The number of aromatic nitrogens is 1. The zero-order valence-electron chi connectivity index (χ0n) is 17.4. The Labute approximate surface area is 172 Å². The van der Waals surface area contributed by atoms with E-state index in [1.807, 2.05) is 13.8 Å². The highest BCUT2D eigenvalue weighted by atomic mass is 16.5. The van der Waals surface area contributed by atoms with Gasteiger partial charge in [-0.25, -0.2) is 0 Å². The largest absolute Gasteiger partial charge is 0.361 e. The Morgan fingerprint density at radius 2 is 1.86 bits per heavy atom. The first-order valence-corrected chi connectivity index (χ1v) is 10.8. The summed E-state index contributed by atoms with van der Waals surface area (Å²) < 4.78 is 5.25. The predicted octanol–water partition coefficient (Wildman–Crippen LogP) is 1.91. The SMILES string of the molecule is Cc1noc(C)c1CCC(=O)N[C@H]1C2CN3CCN(C2)CC1(c1ccccc1)C3. The van der Waals surface area contributed by atoms with Gasteiger partial charge < -0.3 is 19.6 Å². The Kier molecular flexibility index (Phi) is 4.71. The van der Waals surface area contributed by atoms with Crippen LogP contribution in [-0.2, 0) is 16.6 Å². The molecule has 6 heteroatoms. The molecule has 3 atom stereocenters. The normalized spacial score (nSPS) is 32.9. The number of aryl methyl sites for hydroxylation is 2. The van der Waals surface area contributed by atoms with Crippen LogP contribution in [0.5, 0.6) is 0 Å². The fourth-order valence-electron chi connectivity index (χ4n) is 5.91. The molecule has 4 aliphatic heterocycles. The third-order valence-corrected chi connectivity index (χ3v) is 7.24. The van der Waals surface area contributed by atoms with E-state index in [1.165, 1.54) is 5.56 Å². The minimum Gasteiger partial charge on any atom is -0.361 e. The number of nitrogens with zero attached hydrogens (tertiary/aromatic N) is 3. The Bertz CT molecular complexity index is 858. The second kappa shape index (κ2) is 7.26. The molecule has 1 N–H and O–H groups in total. The van der Waals surface area contributed by atoms with Crippen LogP contribution in [0.2, 0.25) is 0 Å². The van der Waals surface area contributed by atoms with Crippen LogP contribution in [0.1, 0.15) is 29.0 Å². The van der Waals surface area contributed by atoms with E-state index in [2.05, 4.69) is 50.6 Å². The summed E-state index contributed by atoms with van der Waals surface area (Å²) >= 11 is 0. The second-order valence-corrected chi connectivity index (χ2v) is 9.10. The molecule has 4 saturated heterocycles. The van der Waals surface area contributed by atoms with Crippen molar-refractivity contribution in [2.75, 3.05) is 39.3 Å². The third-order valence-electron chi connectivity index (χ3n) is 7.24. The zero-order valence-corrected chi connectivity index (χ0v) is 17.4. The monoisotopic (exact) mass is 394 g/mol. The Hall–Kier alpha value is -2.18. The molecule has 154 valence electrons. The zero-order chi connectivity index (χ0) is 20.0. The van der Waals surface area contributed by atoms with Crippen molar-refractivity contribution < 1.29 is 9.32 Å². The second-order valence-electron chi connectivity index (χ2n) is 9.10. The number of nitrogens with one attached hydrogen (secondary N) is 1. The molecular formula is C23H30N4O2. The highest BCUT2D eigenvalue weighted by molar-refractivity contribution is 5.77. The van der Waals surface area contributed by atoms with Crippen molar-refractivity contribution in [3.63, 3.8) is 0 Å². The fraction of sp³-hybridized carbons (Fsp3) is 0.565. The van der Waals surface area contributed by atoms with Gasteiger partial charge in [0.1, 0.15) is 5.76 Å². The smallest absolute Gasteiger partial charge is 0.220 e. The van der Waals surface area contributed by atoms with Crippen LogP contribution in [-0.4, -0.2) is 66.2 Å². The van der Waals surface area contributed by atoms with Crippen molar-refractivity contribution >= 4 is 5.91 Å². The van der Waals surface area contributed by atoms with Gasteiger partial charge >= 0.3 is 0 Å². The average Bonchev–Trinajstić information content (AvgIpc) is 2.87. The highest BCUT2D eigenvalue weighted by Gasteiger charge is 2.55. The molecule has 1 aromatic carbocycles. The summed E-state index contributed by atoms with van der Waals surface area (Å²) in [5.41, 5.74) is 3.29. The molecule has 6 nitrogen and oxygen atoms in total. The summed E-state index contributed by atoms with van der Waals surface area (Å²) in [7, 11) is 0. The molecule has 1 aromatic heterocycles. The van der Waals surface area contributed by atoms with Gasteiger partial charge in [-0.05, 0) is 25.8 Å². The van der Waals surface area contributed by atoms with Gasteiger partial charge in [-0.2, -0.15) is 0 Å². The lowest BCUT2D eigenvalue weighted by atomic mass is 9.64. The Morgan fingerprint density at radius 1 is 1.17 bits per heavy atom. The van der Waals surface area contributed by atoms with Crippen molar-refractivity contribution in [2.45, 2.75) is 38.1 Å². The summed E-state index contributed by atoms with van der Waals surface area (Å²) in [6, 6.07) is 11.0. The van der Waals surface area contributed by atoms with Crippen molar-refractivity contribution in [1.29, 1.82) is 0 Å². The van der Waals surface area contributed by atoms with E-state index in [-0.39, 0.29) is 17.4 Å². The van der Waals surface area contributed by atoms with Crippen LogP contribution in [0.15, 0.2) is 34.9 Å². The number of hydrogen-bond acceptors (Lipinski definition) is 5. The van der Waals surface area contributed by atoms with E-state index in [0.717, 1.165) is 56.3 Å². The maximum Gasteiger partial charge on any atom is 0.220 e. The minimum atomic E-state index is -0.0301. The first-order valence-electron chi connectivity index (χ1n) is 10.8. The lowest BCUT2D eigenvalue weighted by molar-refractivity contribution is -0.124. The first kappa shape index (κ1) is 18.8. The Morgan fingerprint density at radius 3 is 2.48 bits per heavy atom. The molecular weight excluding hydrogens is 364 g/mol. The van der Waals surface area contributed by atoms with Crippen molar-refractivity contribution in [3.8, 4) is 0 Å². The number of carbonyl (C=O) groups is 1. The van der Waals surface area contributed by atoms with Crippen LogP contribution in [0, 0.1) is 19.8 Å². The molecule has 0 spiro atoms. The molecule has 2 aromatic rings. The van der Waals surface area contributed by atoms with Crippen LogP contribution in [0.3, 0.4) is 0 Å². The van der Waals surface area contributed by atoms with Crippen molar-refractivity contribution in [3.05, 3.63) is 52.9 Å². The highest BCUT2D eigenvalue weighted by Crippen LogP contribution is 2.43. The van der Waals surface area contributed by atoms with Crippen molar-refractivity contribution in [1.82, 2.24) is 20.3 Å². The number of rotatable bonds is 5. The van der Waals surface area contributed by atoms with Crippen molar-refractivity contribution in [2.24, 2.45) is 5.92 Å². The van der Waals surface area contributed by atoms with E-state index in [9.17, 15) is 4.79 Å². The lowest BCUT2D eigenvalue weighted by Crippen LogP contribution is -2.70. The molecule has 5 heterocycles. The summed E-state index contributed by atoms with van der Waals surface area (Å²) in [5, 5.41) is 7.50. The van der Waals surface area contributed by atoms with Gasteiger partial charge in [0.15, 0.2) is 0 Å². The van der Waals surface area contributed by atoms with Gasteiger partial charge in [0, 0.05) is 68.6 Å². The maximum atomic E-state index is 13.0. The molecule has 0 radical (unpaired) electrons. The molecule has 1 amide bonds. The number of piperidine rings is 2. The van der Waals surface area contributed by atoms with E-state index < -0.39 is 0 Å². The van der Waals surface area contributed by atoms with Crippen LogP contribution in [0.4, 0.5) is 0 Å². The molecule has 0 aliphatic carbocycles. The summed E-state index contributed by atoms with van der Waals surface area (Å²) in [6.45, 7) is 10.4. The molecule has 29 heavy (non-hydrogen) atoms. The standard InChI is InChI=1S/C23H30N4O2/c1-16-20(17(2)29-25-16)8-9-21(28)24-22-18-12-26-10-11-27(13-18)15-23(22,14-26)19-6-4-3-5-7-19/h3-7,18,22H,8-15H2,1-2H3,(H,24,28)/t18?,22-,23?/m0/s1. The van der Waals surface area contributed by atoms with Gasteiger partial charge in [0.05, 0.1) is 5.69 Å². The molecule has 4 fully saturated rings. The average molecular weight is 395 g/mol. The maximum absolute atomic E-state index is 13.0. The van der Waals surface area contributed by atoms with E-state index in [1.54, 1.807) is 0 Å². The molecule has 0 saturated carbocycles. The minimum absolute atomic E-state index is 0.0301. The topological polar surface area (TPSA) is 61.6 Å². The number of benzene rings is 1. The van der Waals surface area contributed by atoms with Crippen LogP contribution >= 0.6 is 0 Å².